The molecule has 2 aliphatic rings. The van der Waals surface area contributed by atoms with E-state index in [-0.39, 0.29) is 12.6 Å². The van der Waals surface area contributed by atoms with Gasteiger partial charge in [-0.2, -0.15) is 4.98 Å². The lowest BCUT2D eigenvalue weighted by Crippen LogP contribution is -2.44. The molecule has 34 heavy (non-hydrogen) atoms. The third kappa shape index (κ3) is 3.70. The molecule has 0 radical (unpaired) electrons. The van der Waals surface area contributed by atoms with Crippen molar-refractivity contribution >= 4 is 17.1 Å². The highest BCUT2D eigenvalue weighted by molar-refractivity contribution is 5.75. The molecule has 0 unspecified atom stereocenters. The maximum atomic E-state index is 13.7. The van der Waals surface area contributed by atoms with Crippen LogP contribution < -0.4 is 21.9 Å². The van der Waals surface area contributed by atoms with Gasteiger partial charge in [0.05, 0.1) is 13.1 Å². The fourth-order valence-electron chi connectivity index (χ4n) is 5.14. The standard InChI is InChI=1S/C24H30N8O2/c1-4-5-12-31-20-21(28-23(31)30-11-7-8-16(25)13-30)29(3)24(34)32(22(20)33)14-19-26-15(2)17-9-6-10-18(17)27-19/h16H,6-14,25H2,1-3H3/t16-/m1/s1. The number of anilines is 1. The van der Waals surface area contributed by atoms with E-state index in [1.165, 1.54) is 14.7 Å². The van der Waals surface area contributed by atoms with Gasteiger partial charge in [-0.3, -0.25) is 18.5 Å². The second kappa shape index (κ2) is 8.72. The third-order valence-corrected chi connectivity index (χ3v) is 6.85. The number of fused-ring (bicyclic) bond motifs is 2. The molecule has 2 N–H and O–H groups in total. The fraction of sp³-hybridized carbons (Fsp3) is 0.542. The van der Waals surface area contributed by atoms with Crippen molar-refractivity contribution in [2.75, 3.05) is 18.0 Å². The van der Waals surface area contributed by atoms with Crippen LogP contribution in [0.2, 0.25) is 0 Å². The van der Waals surface area contributed by atoms with Gasteiger partial charge in [0.2, 0.25) is 5.95 Å². The van der Waals surface area contributed by atoms with E-state index >= 15 is 0 Å². The average Bonchev–Trinajstić information content (AvgIpc) is 3.44. The summed E-state index contributed by atoms with van der Waals surface area (Å²) in [5.74, 6) is 7.07. The summed E-state index contributed by atoms with van der Waals surface area (Å²) >= 11 is 0. The molecule has 10 nitrogen and oxygen atoms in total. The highest BCUT2D eigenvalue weighted by Crippen LogP contribution is 2.24. The van der Waals surface area contributed by atoms with Gasteiger partial charge in [0, 0.05) is 37.6 Å². The molecule has 0 bridgehead atoms. The van der Waals surface area contributed by atoms with Gasteiger partial charge in [-0.25, -0.2) is 14.8 Å². The molecular formula is C24H30N8O2. The zero-order chi connectivity index (χ0) is 24.0. The van der Waals surface area contributed by atoms with Crippen LogP contribution in [0.4, 0.5) is 5.95 Å². The van der Waals surface area contributed by atoms with E-state index < -0.39 is 11.2 Å². The zero-order valence-corrected chi connectivity index (χ0v) is 20.0. The minimum atomic E-state index is -0.438. The highest BCUT2D eigenvalue weighted by Gasteiger charge is 2.26. The Morgan fingerprint density at radius 2 is 1.94 bits per heavy atom. The Morgan fingerprint density at radius 3 is 2.71 bits per heavy atom. The molecule has 4 heterocycles. The molecule has 0 amide bonds. The molecular weight excluding hydrogens is 432 g/mol. The van der Waals surface area contributed by atoms with Gasteiger partial charge in [-0.1, -0.05) is 5.92 Å². The summed E-state index contributed by atoms with van der Waals surface area (Å²) in [5.41, 5.74) is 9.23. The predicted octanol–water partition coefficient (Wildman–Crippen LogP) is 0.483. The van der Waals surface area contributed by atoms with Crippen LogP contribution in [0, 0.1) is 18.8 Å². The number of nitrogens with two attached hydrogens (primary N) is 1. The van der Waals surface area contributed by atoms with Crippen LogP contribution in [0.3, 0.4) is 0 Å². The number of aryl methyl sites for hydroxylation is 3. The topological polar surface area (TPSA) is 117 Å². The molecule has 0 aromatic carbocycles. The summed E-state index contributed by atoms with van der Waals surface area (Å²) in [6, 6.07) is 0.0416. The predicted molar refractivity (Wildman–Crippen MR) is 130 cm³/mol. The Labute approximate surface area is 197 Å². The number of aromatic nitrogens is 6. The summed E-state index contributed by atoms with van der Waals surface area (Å²) in [7, 11) is 1.64. The van der Waals surface area contributed by atoms with Crippen LogP contribution in [-0.2, 0) is 33.0 Å². The minimum absolute atomic E-state index is 0.0180. The van der Waals surface area contributed by atoms with Crippen LogP contribution in [-0.4, -0.2) is 47.8 Å². The summed E-state index contributed by atoms with van der Waals surface area (Å²) < 4.78 is 4.46. The van der Waals surface area contributed by atoms with E-state index in [1.54, 1.807) is 14.0 Å². The SMILES string of the molecule is CC#CCn1c(N2CCC[C@@H](N)C2)nc2c1c(=O)n(Cc1nc(C)c3c(n1)CCC3)c(=O)n2C. The lowest BCUT2D eigenvalue weighted by molar-refractivity contribution is 0.496. The lowest BCUT2D eigenvalue weighted by Gasteiger charge is -2.31. The second-order valence-electron chi connectivity index (χ2n) is 9.18. The maximum Gasteiger partial charge on any atom is 0.332 e. The first-order valence-electron chi connectivity index (χ1n) is 11.8. The van der Waals surface area contributed by atoms with Gasteiger partial charge >= 0.3 is 5.69 Å². The van der Waals surface area contributed by atoms with E-state index in [0.29, 0.717) is 36.0 Å². The van der Waals surface area contributed by atoms with Crippen molar-refractivity contribution in [3.8, 4) is 11.8 Å². The van der Waals surface area contributed by atoms with E-state index in [9.17, 15) is 9.59 Å². The van der Waals surface area contributed by atoms with Crippen molar-refractivity contribution in [1.82, 2.24) is 28.7 Å². The Morgan fingerprint density at radius 1 is 1.12 bits per heavy atom. The number of rotatable bonds is 4. The van der Waals surface area contributed by atoms with Crippen LogP contribution in [0.25, 0.3) is 11.2 Å². The van der Waals surface area contributed by atoms with Gasteiger partial charge < -0.3 is 10.6 Å². The Balaban J connectivity index is 1.67. The number of piperidine rings is 1. The van der Waals surface area contributed by atoms with Crippen molar-refractivity contribution in [3.63, 3.8) is 0 Å². The first-order valence-corrected chi connectivity index (χ1v) is 11.8. The van der Waals surface area contributed by atoms with E-state index in [1.807, 2.05) is 11.5 Å². The average molecular weight is 463 g/mol. The third-order valence-electron chi connectivity index (χ3n) is 6.85. The molecule has 1 fully saturated rings. The smallest absolute Gasteiger partial charge is 0.332 e. The van der Waals surface area contributed by atoms with Crippen molar-refractivity contribution in [3.05, 3.63) is 43.6 Å². The molecule has 0 spiro atoms. The van der Waals surface area contributed by atoms with Gasteiger partial charge in [0.1, 0.15) is 5.82 Å². The molecule has 0 saturated carbocycles. The number of nitrogens with zero attached hydrogens (tertiary/aromatic N) is 7. The summed E-state index contributed by atoms with van der Waals surface area (Å²) in [6.07, 6.45) is 4.85. The molecule has 1 saturated heterocycles. The van der Waals surface area contributed by atoms with Crippen molar-refractivity contribution < 1.29 is 0 Å². The molecule has 3 aromatic rings. The van der Waals surface area contributed by atoms with Crippen molar-refractivity contribution in [1.29, 1.82) is 0 Å². The van der Waals surface area contributed by atoms with E-state index in [0.717, 1.165) is 50.0 Å². The van der Waals surface area contributed by atoms with Crippen LogP contribution in [0.5, 0.6) is 0 Å². The van der Waals surface area contributed by atoms with Crippen LogP contribution in [0.15, 0.2) is 9.59 Å². The molecule has 1 atom stereocenters. The van der Waals surface area contributed by atoms with Gasteiger partial charge in [-0.05, 0) is 51.5 Å². The van der Waals surface area contributed by atoms with E-state index in [2.05, 4.69) is 26.7 Å². The van der Waals surface area contributed by atoms with E-state index in [4.69, 9.17) is 10.7 Å². The first kappa shape index (κ1) is 22.3. The monoisotopic (exact) mass is 462 g/mol. The summed E-state index contributed by atoms with van der Waals surface area (Å²) in [4.78, 5) is 43.1. The van der Waals surface area contributed by atoms with Crippen molar-refractivity contribution in [2.24, 2.45) is 12.8 Å². The molecule has 3 aromatic heterocycles. The zero-order valence-electron chi connectivity index (χ0n) is 20.0. The van der Waals surface area contributed by atoms with Gasteiger partial charge in [0.15, 0.2) is 11.2 Å². The largest absolute Gasteiger partial charge is 0.341 e. The number of imidazole rings is 1. The normalized spacial score (nSPS) is 17.6. The lowest BCUT2D eigenvalue weighted by atomic mass is 10.1. The molecule has 178 valence electrons. The van der Waals surface area contributed by atoms with Crippen LogP contribution >= 0.6 is 0 Å². The fourth-order valence-corrected chi connectivity index (χ4v) is 5.14. The maximum absolute atomic E-state index is 13.7. The molecule has 5 rings (SSSR count). The minimum Gasteiger partial charge on any atom is -0.341 e. The van der Waals surface area contributed by atoms with Gasteiger partial charge in [-0.15, -0.1) is 5.92 Å². The Kier molecular flexibility index (Phi) is 5.73. The quantitative estimate of drug-likeness (QED) is 0.561. The summed E-state index contributed by atoms with van der Waals surface area (Å²) in [6.45, 7) is 5.49. The molecule has 1 aliphatic heterocycles. The van der Waals surface area contributed by atoms with Gasteiger partial charge in [0.25, 0.3) is 5.56 Å². The highest BCUT2D eigenvalue weighted by atomic mass is 16.2. The number of hydrogen-bond donors (Lipinski definition) is 1. The Hall–Kier alpha value is -3.45. The molecule has 1 aliphatic carbocycles. The second-order valence-corrected chi connectivity index (χ2v) is 9.18. The summed E-state index contributed by atoms with van der Waals surface area (Å²) in [5, 5.41) is 0. The van der Waals surface area contributed by atoms with Crippen LogP contribution in [0.1, 0.15) is 49.0 Å². The van der Waals surface area contributed by atoms with Crippen molar-refractivity contribution in [2.45, 2.75) is 65.1 Å². The first-order chi connectivity index (χ1) is 16.4. The number of hydrogen-bond acceptors (Lipinski definition) is 7. The molecule has 10 heteroatoms. The Bertz CT molecular complexity index is 1450.